The highest BCUT2D eigenvalue weighted by atomic mass is 32.2. The number of anilines is 2. The minimum atomic E-state index is -3.87. The molecule has 0 bridgehead atoms. The second kappa shape index (κ2) is 7.88. The number of aromatic nitrogens is 2. The number of methoxy groups -OCH3 is 1. The molecule has 1 aromatic heterocycles. The maximum Gasteiger partial charge on any atom is 0.246 e. The predicted octanol–water partition coefficient (Wildman–Crippen LogP) is 1.51. The molecule has 10 heteroatoms. The van der Waals surface area contributed by atoms with Crippen LogP contribution < -0.4 is 14.5 Å². The fraction of sp³-hybridized carbons (Fsp3) is 0.444. The Bertz CT molecular complexity index is 960. The molecule has 1 aliphatic rings. The molecule has 1 aromatic carbocycles. The number of hydrogen-bond acceptors (Lipinski definition) is 7. The van der Waals surface area contributed by atoms with E-state index >= 15 is 0 Å². The third-order valence-corrected chi connectivity index (χ3v) is 6.47. The molecule has 0 unspecified atom stereocenters. The average molecular weight is 409 g/mol. The minimum Gasteiger partial charge on any atom is -0.495 e. The first-order valence-electron chi connectivity index (χ1n) is 8.84. The fourth-order valence-electron chi connectivity index (χ4n) is 3.03. The van der Waals surface area contributed by atoms with Crippen molar-refractivity contribution in [2.24, 2.45) is 0 Å². The van der Waals surface area contributed by atoms with E-state index in [0.717, 1.165) is 17.6 Å². The monoisotopic (exact) mass is 409 g/mol. The Hall–Kier alpha value is -2.46. The molecule has 0 aliphatic carbocycles. The number of ether oxygens (including phenoxy) is 1. The first kappa shape index (κ1) is 20.3. The molecule has 152 valence electrons. The molecular weight excluding hydrogens is 385 g/mol. The van der Waals surface area contributed by atoms with Gasteiger partial charge in [0.05, 0.1) is 7.11 Å². The summed E-state index contributed by atoms with van der Waals surface area (Å²) in [5.41, 5.74) is 0.841. The Kier molecular flexibility index (Phi) is 5.71. The number of nitrogens with zero attached hydrogens (tertiary/aromatic N) is 5. The third kappa shape index (κ3) is 4.02. The normalized spacial score (nSPS) is 15.5. The molecule has 8 nitrogen and oxygen atoms in total. The van der Waals surface area contributed by atoms with Gasteiger partial charge in [0.2, 0.25) is 16.0 Å². The van der Waals surface area contributed by atoms with Crippen molar-refractivity contribution < 1.29 is 17.5 Å². The van der Waals surface area contributed by atoms with Crippen molar-refractivity contribution in [3.05, 3.63) is 35.8 Å². The van der Waals surface area contributed by atoms with Crippen LogP contribution in [0.3, 0.4) is 0 Å². The Labute approximate surface area is 164 Å². The van der Waals surface area contributed by atoms with Crippen LogP contribution in [0.5, 0.6) is 5.75 Å². The van der Waals surface area contributed by atoms with Gasteiger partial charge in [0, 0.05) is 52.0 Å². The molecule has 0 saturated carbocycles. The van der Waals surface area contributed by atoms with E-state index in [1.807, 2.05) is 36.9 Å². The smallest absolute Gasteiger partial charge is 0.246 e. The number of aryl methyl sites for hydroxylation is 1. The van der Waals surface area contributed by atoms with Crippen molar-refractivity contribution >= 4 is 21.8 Å². The summed E-state index contributed by atoms with van der Waals surface area (Å²) in [7, 11) is 1.30. The maximum atomic E-state index is 13.6. The lowest BCUT2D eigenvalue weighted by Crippen LogP contribution is -2.49. The van der Waals surface area contributed by atoms with Gasteiger partial charge in [-0.3, -0.25) is 0 Å². The maximum absolute atomic E-state index is 13.6. The first-order chi connectivity index (χ1) is 13.2. The fourth-order valence-corrected chi connectivity index (χ4v) is 4.62. The van der Waals surface area contributed by atoms with Gasteiger partial charge in [0.25, 0.3) is 0 Å². The zero-order valence-electron chi connectivity index (χ0n) is 16.4. The number of piperazine rings is 1. The van der Waals surface area contributed by atoms with E-state index in [-0.39, 0.29) is 23.7 Å². The average Bonchev–Trinajstić information content (AvgIpc) is 2.67. The number of rotatable bonds is 5. The van der Waals surface area contributed by atoms with Crippen molar-refractivity contribution in [2.45, 2.75) is 11.8 Å². The summed E-state index contributed by atoms with van der Waals surface area (Å²) in [6.45, 7) is 3.27. The molecule has 0 radical (unpaired) electrons. The van der Waals surface area contributed by atoms with Gasteiger partial charge < -0.3 is 14.5 Å². The summed E-state index contributed by atoms with van der Waals surface area (Å²) in [5.74, 6) is 0.870. The first-order valence-corrected chi connectivity index (χ1v) is 10.3. The van der Waals surface area contributed by atoms with Crippen LogP contribution in [0.4, 0.5) is 16.2 Å². The van der Waals surface area contributed by atoms with Gasteiger partial charge in [-0.1, -0.05) is 0 Å². The van der Waals surface area contributed by atoms with E-state index in [1.54, 1.807) is 0 Å². The lowest BCUT2D eigenvalue weighted by Gasteiger charge is -2.34. The summed E-state index contributed by atoms with van der Waals surface area (Å²) in [6, 6.07) is 5.38. The summed E-state index contributed by atoms with van der Waals surface area (Å²) >= 11 is 0. The van der Waals surface area contributed by atoms with Gasteiger partial charge in [0.1, 0.15) is 22.3 Å². The number of sulfonamides is 1. The highest BCUT2D eigenvalue weighted by Gasteiger charge is 2.32. The van der Waals surface area contributed by atoms with Crippen molar-refractivity contribution in [2.75, 3.05) is 57.2 Å². The van der Waals surface area contributed by atoms with Crippen molar-refractivity contribution in [1.29, 1.82) is 0 Å². The third-order valence-electron chi connectivity index (χ3n) is 4.55. The zero-order valence-corrected chi connectivity index (χ0v) is 17.2. The SMILES string of the molecule is COc1ccc(F)cc1S(=O)(=O)N1CCN(c2nc(C)cc(N(C)C)n2)CC1. The van der Waals surface area contributed by atoms with Crippen LogP contribution in [0.2, 0.25) is 0 Å². The van der Waals surface area contributed by atoms with E-state index in [1.165, 1.54) is 23.5 Å². The van der Waals surface area contributed by atoms with Gasteiger partial charge in [-0.05, 0) is 25.1 Å². The molecule has 3 rings (SSSR count). The molecule has 2 aromatic rings. The van der Waals surface area contributed by atoms with E-state index in [4.69, 9.17) is 4.74 Å². The molecule has 0 spiro atoms. The number of benzene rings is 1. The van der Waals surface area contributed by atoms with Crippen LogP contribution in [-0.2, 0) is 10.0 Å². The molecule has 0 N–H and O–H groups in total. The Balaban J connectivity index is 1.80. The second-order valence-corrected chi connectivity index (χ2v) is 8.65. The summed E-state index contributed by atoms with van der Waals surface area (Å²) in [6.07, 6.45) is 0. The molecule has 1 saturated heterocycles. The van der Waals surface area contributed by atoms with Gasteiger partial charge in [-0.15, -0.1) is 0 Å². The molecule has 1 fully saturated rings. The van der Waals surface area contributed by atoms with Gasteiger partial charge >= 0.3 is 0 Å². The van der Waals surface area contributed by atoms with Crippen molar-refractivity contribution in [3.63, 3.8) is 0 Å². The number of hydrogen-bond donors (Lipinski definition) is 0. The van der Waals surface area contributed by atoms with E-state index in [2.05, 4.69) is 9.97 Å². The zero-order chi connectivity index (χ0) is 20.5. The van der Waals surface area contributed by atoms with Gasteiger partial charge in [0.15, 0.2) is 0 Å². The Morgan fingerprint density at radius 1 is 1.11 bits per heavy atom. The Morgan fingerprint density at radius 3 is 2.39 bits per heavy atom. The van der Waals surface area contributed by atoms with Crippen LogP contribution in [-0.4, -0.2) is 70.1 Å². The second-order valence-electron chi connectivity index (χ2n) is 6.75. The largest absolute Gasteiger partial charge is 0.495 e. The van der Waals surface area contributed by atoms with Gasteiger partial charge in [-0.2, -0.15) is 9.29 Å². The van der Waals surface area contributed by atoms with Gasteiger partial charge in [-0.25, -0.2) is 17.8 Å². The van der Waals surface area contributed by atoms with E-state index in [0.29, 0.717) is 19.0 Å². The molecule has 28 heavy (non-hydrogen) atoms. The summed E-state index contributed by atoms with van der Waals surface area (Å²) < 4.78 is 46.0. The van der Waals surface area contributed by atoms with E-state index < -0.39 is 15.8 Å². The molecule has 1 aliphatic heterocycles. The minimum absolute atomic E-state index is 0.126. The molecular formula is C18H24FN5O3S. The highest BCUT2D eigenvalue weighted by molar-refractivity contribution is 7.89. The lowest BCUT2D eigenvalue weighted by atomic mass is 10.3. The molecule has 0 atom stereocenters. The van der Waals surface area contributed by atoms with Crippen LogP contribution in [0.15, 0.2) is 29.2 Å². The summed E-state index contributed by atoms with van der Waals surface area (Å²) in [5, 5.41) is 0. The Morgan fingerprint density at radius 2 is 1.79 bits per heavy atom. The topological polar surface area (TPSA) is 78.9 Å². The van der Waals surface area contributed by atoms with Crippen LogP contribution in [0, 0.1) is 12.7 Å². The molecule has 2 heterocycles. The summed E-state index contributed by atoms with van der Waals surface area (Å²) in [4.78, 5) is 12.7. The van der Waals surface area contributed by atoms with Crippen LogP contribution in [0.25, 0.3) is 0 Å². The predicted molar refractivity (Wildman–Crippen MR) is 105 cm³/mol. The number of halogens is 1. The van der Waals surface area contributed by atoms with Crippen molar-refractivity contribution in [3.8, 4) is 5.75 Å². The standard InChI is InChI=1S/C18H24FN5O3S/c1-13-11-17(22(2)3)21-18(20-13)23-7-9-24(10-8-23)28(25,26)16-12-14(19)5-6-15(16)27-4/h5-6,11-12H,7-10H2,1-4H3. The van der Waals surface area contributed by atoms with Crippen LogP contribution >= 0.6 is 0 Å². The quantitative estimate of drug-likeness (QED) is 0.741. The van der Waals surface area contributed by atoms with Crippen LogP contribution in [0.1, 0.15) is 5.69 Å². The molecule has 0 amide bonds. The van der Waals surface area contributed by atoms with E-state index in [9.17, 15) is 12.8 Å². The highest BCUT2D eigenvalue weighted by Crippen LogP contribution is 2.28. The van der Waals surface area contributed by atoms with Crippen molar-refractivity contribution in [1.82, 2.24) is 14.3 Å². The lowest BCUT2D eigenvalue weighted by molar-refractivity contribution is 0.371.